The van der Waals surface area contributed by atoms with Gasteiger partial charge >= 0.3 is 0 Å². The van der Waals surface area contributed by atoms with Gasteiger partial charge in [-0.15, -0.1) is 0 Å². The van der Waals surface area contributed by atoms with Gasteiger partial charge in [0.05, 0.1) is 21.9 Å². The molecule has 9 heteroatoms. The number of benzene rings is 2. The van der Waals surface area contributed by atoms with E-state index in [0.29, 0.717) is 16.5 Å². The van der Waals surface area contributed by atoms with Crippen LogP contribution in [0, 0.1) is 17.0 Å². The molecule has 25 heavy (non-hydrogen) atoms. The molecule has 1 N–H and O–H groups in total. The summed E-state index contributed by atoms with van der Waals surface area (Å²) in [6.07, 6.45) is 1.33. The van der Waals surface area contributed by atoms with Gasteiger partial charge in [-0.1, -0.05) is 23.7 Å². The molecule has 0 spiro atoms. The van der Waals surface area contributed by atoms with Crippen LogP contribution in [0.15, 0.2) is 47.5 Å². The minimum Gasteiger partial charge on any atom is -0.392 e. The Kier molecular flexibility index (Phi) is 4.28. The summed E-state index contributed by atoms with van der Waals surface area (Å²) in [4.78, 5) is 10.0. The quantitative estimate of drug-likeness (QED) is 0.553. The number of rotatable bonds is 4. The molecule has 0 aliphatic rings. The van der Waals surface area contributed by atoms with Gasteiger partial charge in [-0.2, -0.15) is 0 Å². The Morgan fingerprint density at radius 1 is 1.28 bits per heavy atom. The first-order valence-corrected chi connectivity index (χ1v) is 8.99. The second-order valence-corrected chi connectivity index (χ2v) is 7.67. The molecule has 0 aliphatic carbocycles. The van der Waals surface area contributed by atoms with Crippen LogP contribution >= 0.6 is 11.6 Å². The van der Waals surface area contributed by atoms with E-state index < -0.39 is 20.6 Å². The van der Waals surface area contributed by atoms with E-state index in [1.807, 2.05) is 13.0 Å². The number of hydrogen-bond acceptors (Lipinski definition) is 5. The first-order chi connectivity index (χ1) is 11.8. The topological polar surface area (TPSA) is 102 Å². The number of aromatic nitrogens is 1. The third kappa shape index (κ3) is 2.78. The van der Waals surface area contributed by atoms with Gasteiger partial charge in [-0.3, -0.25) is 10.1 Å². The fourth-order valence-electron chi connectivity index (χ4n) is 2.75. The SMILES string of the molecule is Cc1cccc2c1c(CO)cn2S(=O)(=O)c1ccc(Cl)c([N+](=O)[O-])c1. The van der Waals surface area contributed by atoms with E-state index in [1.165, 1.54) is 18.3 Å². The van der Waals surface area contributed by atoms with E-state index >= 15 is 0 Å². The van der Waals surface area contributed by atoms with Gasteiger partial charge in [0.25, 0.3) is 15.7 Å². The average molecular weight is 381 g/mol. The molecule has 0 radical (unpaired) electrons. The fourth-order valence-corrected chi connectivity index (χ4v) is 4.35. The number of hydrogen-bond donors (Lipinski definition) is 1. The lowest BCUT2D eigenvalue weighted by molar-refractivity contribution is -0.384. The predicted octanol–water partition coefficient (Wildman–Crippen LogP) is 3.24. The van der Waals surface area contributed by atoms with E-state index in [1.54, 1.807) is 12.1 Å². The third-order valence-corrected chi connectivity index (χ3v) is 5.91. The van der Waals surface area contributed by atoms with Crippen LogP contribution in [-0.2, 0) is 16.6 Å². The molecule has 0 fully saturated rings. The number of aliphatic hydroxyl groups excluding tert-OH is 1. The number of aryl methyl sites for hydroxylation is 1. The predicted molar refractivity (Wildman–Crippen MR) is 93.3 cm³/mol. The Balaban J connectivity index is 2.29. The van der Waals surface area contributed by atoms with Gasteiger partial charge in [-0.25, -0.2) is 12.4 Å². The van der Waals surface area contributed by atoms with Crippen molar-refractivity contribution in [1.29, 1.82) is 0 Å². The Morgan fingerprint density at radius 3 is 2.64 bits per heavy atom. The van der Waals surface area contributed by atoms with Crippen molar-refractivity contribution >= 4 is 38.2 Å². The number of nitro groups is 1. The number of fused-ring (bicyclic) bond motifs is 1. The first-order valence-electron chi connectivity index (χ1n) is 7.17. The number of aliphatic hydroxyl groups is 1. The molecule has 1 aromatic heterocycles. The monoisotopic (exact) mass is 380 g/mol. The Bertz CT molecular complexity index is 1110. The van der Waals surface area contributed by atoms with Gasteiger partial charge < -0.3 is 5.11 Å². The molecule has 0 atom stereocenters. The number of halogens is 1. The van der Waals surface area contributed by atoms with Crippen LogP contribution in [-0.4, -0.2) is 22.4 Å². The Morgan fingerprint density at radius 2 is 2.00 bits per heavy atom. The van der Waals surface area contributed by atoms with Gasteiger partial charge in [0.15, 0.2) is 0 Å². The van der Waals surface area contributed by atoms with Crippen molar-refractivity contribution in [3.63, 3.8) is 0 Å². The van der Waals surface area contributed by atoms with Gasteiger partial charge in [-0.05, 0) is 30.7 Å². The number of nitrogens with zero attached hydrogens (tertiary/aromatic N) is 2. The van der Waals surface area contributed by atoms with E-state index in [4.69, 9.17) is 11.6 Å². The zero-order valence-corrected chi connectivity index (χ0v) is 14.6. The highest BCUT2D eigenvalue weighted by atomic mass is 35.5. The lowest BCUT2D eigenvalue weighted by Gasteiger charge is -2.08. The third-order valence-electron chi connectivity index (χ3n) is 3.92. The van der Waals surface area contributed by atoms with E-state index in [-0.39, 0.29) is 16.5 Å². The summed E-state index contributed by atoms with van der Waals surface area (Å²) in [5.41, 5.74) is 1.18. The molecular formula is C16H13ClN2O5S. The summed E-state index contributed by atoms with van der Waals surface area (Å²) >= 11 is 5.75. The zero-order valence-electron chi connectivity index (χ0n) is 13.0. The molecule has 3 rings (SSSR count). The molecule has 0 aliphatic heterocycles. The second kappa shape index (κ2) is 6.14. The maximum absolute atomic E-state index is 13.0. The Labute approximate surface area is 148 Å². The minimum absolute atomic E-state index is 0.145. The molecule has 2 aromatic carbocycles. The summed E-state index contributed by atoms with van der Waals surface area (Å²) in [6.45, 7) is 1.48. The van der Waals surface area contributed by atoms with Crippen LogP contribution < -0.4 is 0 Å². The van der Waals surface area contributed by atoms with E-state index in [9.17, 15) is 23.6 Å². The highest BCUT2D eigenvalue weighted by molar-refractivity contribution is 7.90. The van der Waals surface area contributed by atoms with Crippen molar-refractivity contribution in [3.8, 4) is 0 Å². The molecule has 0 amide bonds. The molecule has 130 valence electrons. The molecule has 0 saturated heterocycles. The summed E-state index contributed by atoms with van der Waals surface area (Å²) in [7, 11) is -4.10. The number of nitro benzene ring substituents is 1. The average Bonchev–Trinajstić information content (AvgIpc) is 2.95. The van der Waals surface area contributed by atoms with E-state index in [0.717, 1.165) is 15.6 Å². The summed E-state index contributed by atoms with van der Waals surface area (Å²) in [6, 6.07) is 8.45. The van der Waals surface area contributed by atoms with Gasteiger partial charge in [0, 0.05) is 23.2 Å². The minimum atomic E-state index is -4.10. The van der Waals surface area contributed by atoms with Crippen molar-refractivity contribution in [2.24, 2.45) is 0 Å². The molecule has 0 saturated carbocycles. The summed E-state index contributed by atoms with van der Waals surface area (Å²) < 4.78 is 27.0. The largest absolute Gasteiger partial charge is 0.392 e. The molecule has 0 bridgehead atoms. The smallest absolute Gasteiger partial charge is 0.289 e. The van der Waals surface area contributed by atoms with Gasteiger partial charge in [0.1, 0.15) is 5.02 Å². The standard InChI is InChI=1S/C16H13ClN2O5S/c1-10-3-2-4-14-16(10)11(9-20)8-18(14)25(23,24)12-5-6-13(17)15(7-12)19(21)22/h2-8,20H,9H2,1H3. The van der Waals surface area contributed by atoms with Gasteiger partial charge in [0.2, 0.25) is 0 Å². The molecule has 1 heterocycles. The highest BCUT2D eigenvalue weighted by Crippen LogP contribution is 2.31. The van der Waals surface area contributed by atoms with Crippen molar-refractivity contribution in [1.82, 2.24) is 3.97 Å². The maximum Gasteiger partial charge on any atom is 0.289 e. The van der Waals surface area contributed by atoms with Crippen molar-refractivity contribution in [3.05, 3.63) is 68.9 Å². The maximum atomic E-state index is 13.0. The van der Waals surface area contributed by atoms with E-state index in [2.05, 4.69) is 0 Å². The van der Waals surface area contributed by atoms with Crippen molar-refractivity contribution < 1.29 is 18.4 Å². The zero-order chi connectivity index (χ0) is 18.4. The first kappa shape index (κ1) is 17.4. The van der Waals surface area contributed by atoms with Crippen LogP contribution in [0.25, 0.3) is 10.9 Å². The van der Waals surface area contributed by atoms with Crippen LogP contribution in [0.3, 0.4) is 0 Å². The summed E-state index contributed by atoms with van der Waals surface area (Å²) in [5, 5.41) is 21.1. The lowest BCUT2D eigenvalue weighted by atomic mass is 10.1. The fraction of sp³-hybridized carbons (Fsp3) is 0.125. The molecular weight excluding hydrogens is 368 g/mol. The molecule has 0 unspecified atom stereocenters. The normalized spacial score (nSPS) is 11.8. The van der Waals surface area contributed by atoms with Crippen LogP contribution in [0.4, 0.5) is 5.69 Å². The summed E-state index contributed by atoms with van der Waals surface area (Å²) in [5.74, 6) is 0. The molecule has 3 aromatic rings. The van der Waals surface area contributed by atoms with Crippen LogP contribution in [0.5, 0.6) is 0 Å². The van der Waals surface area contributed by atoms with Crippen molar-refractivity contribution in [2.75, 3.05) is 0 Å². The van der Waals surface area contributed by atoms with Crippen molar-refractivity contribution in [2.45, 2.75) is 18.4 Å². The highest BCUT2D eigenvalue weighted by Gasteiger charge is 2.25. The lowest BCUT2D eigenvalue weighted by Crippen LogP contribution is -2.12. The van der Waals surface area contributed by atoms with Crippen LogP contribution in [0.2, 0.25) is 5.02 Å². The second-order valence-electron chi connectivity index (χ2n) is 5.45. The van der Waals surface area contributed by atoms with Crippen LogP contribution in [0.1, 0.15) is 11.1 Å². The molecule has 7 nitrogen and oxygen atoms in total. The Hall–Kier alpha value is -2.42.